The highest BCUT2D eigenvalue weighted by Gasteiger charge is 2.17. The molecule has 0 radical (unpaired) electrons. The number of benzene rings is 2. The Balaban J connectivity index is 1.78. The highest BCUT2D eigenvalue weighted by molar-refractivity contribution is 5.94. The van der Waals surface area contributed by atoms with Crippen molar-refractivity contribution >= 4 is 16.5 Å². The van der Waals surface area contributed by atoms with Crippen LogP contribution in [0.3, 0.4) is 0 Å². The van der Waals surface area contributed by atoms with E-state index in [1.807, 2.05) is 0 Å². The maximum atomic E-state index is 3.63. The van der Waals surface area contributed by atoms with Crippen molar-refractivity contribution in [3.63, 3.8) is 0 Å². The number of rotatable bonds is 2. The molecule has 0 amide bonds. The van der Waals surface area contributed by atoms with Gasteiger partial charge in [-0.2, -0.15) is 0 Å². The van der Waals surface area contributed by atoms with E-state index in [4.69, 9.17) is 0 Å². The van der Waals surface area contributed by atoms with E-state index in [1.165, 1.54) is 27.7 Å². The van der Waals surface area contributed by atoms with E-state index >= 15 is 0 Å². The maximum Gasteiger partial charge on any atom is 0.0463 e. The highest BCUT2D eigenvalue weighted by Crippen LogP contribution is 2.32. The van der Waals surface area contributed by atoms with Gasteiger partial charge in [-0.1, -0.05) is 66.8 Å². The Morgan fingerprint density at radius 2 is 1.81 bits per heavy atom. The van der Waals surface area contributed by atoms with E-state index in [0.717, 1.165) is 6.42 Å². The van der Waals surface area contributed by atoms with Crippen LogP contribution in [0.4, 0.5) is 5.69 Å². The Bertz CT molecular complexity index is 800. The molecule has 0 spiro atoms. The zero-order valence-electron chi connectivity index (χ0n) is 11.8. The third-order valence-electron chi connectivity index (χ3n) is 4.17. The number of allylic oxidation sites excluding steroid dienone is 7. The molecule has 0 bridgehead atoms. The lowest BCUT2D eigenvalue weighted by Crippen LogP contribution is -2.12. The summed E-state index contributed by atoms with van der Waals surface area (Å²) in [6.45, 7) is 0. The largest absolute Gasteiger partial charge is 0.355 e. The van der Waals surface area contributed by atoms with Crippen molar-refractivity contribution in [1.29, 1.82) is 0 Å². The van der Waals surface area contributed by atoms with Gasteiger partial charge in [0.2, 0.25) is 0 Å². The molecular weight excluding hydrogens is 254 g/mol. The molecule has 0 aliphatic heterocycles. The first-order valence-corrected chi connectivity index (χ1v) is 7.42. The lowest BCUT2D eigenvalue weighted by Gasteiger charge is -2.23. The lowest BCUT2D eigenvalue weighted by atomic mass is 9.86. The molecule has 2 aromatic carbocycles. The maximum absolute atomic E-state index is 3.63. The standard InChI is InChI=1S/C20H17N/c1-3-11-17-15(7-1)9-5-13-19(17)21-20-14-6-10-16-8-2-4-12-18(16)20/h1-9,11-14,16,21H,10H2. The Morgan fingerprint density at radius 3 is 2.81 bits per heavy atom. The molecule has 2 aliphatic rings. The third kappa shape index (κ3) is 2.21. The summed E-state index contributed by atoms with van der Waals surface area (Å²) in [5.74, 6) is 0.512. The van der Waals surface area contributed by atoms with Gasteiger partial charge in [-0.25, -0.2) is 0 Å². The number of hydrogen-bond donors (Lipinski definition) is 1. The topological polar surface area (TPSA) is 12.0 Å². The van der Waals surface area contributed by atoms with Gasteiger partial charge >= 0.3 is 0 Å². The Morgan fingerprint density at radius 1 is 0.905 bits per heavy atom. The number of fused-ring (bicyclic) bond motifs is 2. The highest BCUT2D eigenvalue weighted by atomic mass is 14.9. The molecular formula is C20H17N. The first kappa shape index (κ1) is 12.2. The average molecular weight is 271 g/mol. The summed E-state index contributed by atoms with van der Waals surface area (Å²) in [4.78, 5) is 0. The normalized spacial score (nSPS) is 19.9. The van der Waals surface area contributed by atoms with E-state index in [-0.39, 0.29) is 0 Å². The summed E-state index contributed by atoms with van der Waals surface area (Å²) in [5.41, 5.74) is 3.76. The van der Waals surface area contributed by atoms with Gasteiger partial charge in [-0.05, 0) is 29.5 Å². The van der Waals surface area contributed by atoms with Crippen LogP contribution in [0, 0.1) is 5.92 Å². The van der Waals surface area contributed by atoms with Crippen LogP contribution >= 0.6 is 0 Å². The first-order chi connectivity index (χ1) is 10.4. The van der Waals surface area contributed by atoms with Crippen LogP contribution in [0.2, 0.25) is 0 Å². The van der Waals surface area contributed by atoms with Gasteiger partial charge in [-0.15, -0.1) is 0 Å². The van der Waals surface area contributed by atoms with Crippen LogP contribution in [0.1, 0.15) is 6.42 Å². The summed E-state index contributed by atoms with van der Waals surface area (Å²) in [6, 6.07) is 14.9. The molecule has 1 nitrogen and oxygen atoms in total. The summed E-state index contributed by atoms with van der Waals surface area (Å²) < 4.78 is 0. The van der Waals surface area contributed by atoms with Gasteiger partial charge in [0.25, 0.3) is 0 Å². The molecule has 0 fully saturated rings. The molecule has 1 atom stereocenters. The van der Waals surface area contributed by atoms with E-state index in [0.29, 0.717) is 5.92 Å². The van der Waals surface area contributed by atoms with Crippen molar-refractivity contribution in [3.05, 3.63) is 90.2 Å². The second-order valence-electron chi connectivity index (χ2n) is 5.51. The summed E-state index contributed by atoms with van der Waals surface area (Å²) in [5, 5.41) is 6.16. The fourth-order valence-electron chi connectivity index (χ4n) is 3.10. The van der Waals surface area contributed by atoms with E-state index in [1.54, 1.807) is 0 Å². The van der Waals surface area contributed by atoms with Gasteiger partial charge in [0.15, 0.2) is 0 Å². The summed E-state index contributed by atoms with van der Waals surface area (Å²) in [7, 11) is 0. The van der Waals surface area contributed by atoms with E-state index in [9.17, 15) is 0 Å². The lowest BCUT2D eigenvalue weighted by molar-refractivity contribution is 0.770. The molecule has 0 saturated carbocycles. The van der Waals surface area contributed by atoms with Crippen molar-refractivity contribution in [2.24, 2.45) is 5.92 Å². The minimum absolute atomic E-state index is 0.512. The Kier molecular flexibility index (Phi) is 2.97. The molecule has 0 saturated heterocycles. The van der Waals surface area contributed by atoms with Crippen LogP contribution in [0.15, 0.2) is 90.2 Å². The van der Waals surface area contributed by atoms with Crippen molar-refractivity contribution in [1.82, 2.24) is 0 Å². The molecule has 1 unspecified atom stereocenters. The van der Waals surface area contributed by atoms with Crippen LogP contribution in [0.5, 0.6) is 0 Å². The predicted octanol–water partition coefficient (Wildman–Crippen LogP) is 5.21. The number of nitrogens with one attached hydrogen (secondary N) is 1. The molecule has 2 aromatic rings. The fraction of sp³-hybridized carbons (Fsp3) is 0.100. The van der Waals surface area contributed by atoms with Crippen LogP contribution in [0.25, 0.3) is 10.8 Å². The Hall–Kier alpha value is -2.54. The molecule has 4 rings (SSSR count). The summed E-state index contributed by atoms with van der Waals surface area (Å²) >= 11 is 0. The van der Waals surface area contributed by atoms with Crippen molar-refractivity contribution in [3.8, 4) is 0 Å². The second kappa shape index (κ2) is 5.10. The SMILES string of the molecule is C1=CC2=C(Nc3cccc4ccccc34)C=CCC2C=C1. The molecule has 1 N–H and O–H groups in total. The van der Waals surface area contributed by atoms with E-state index < -0.39 is 0 Å². The molecule has 21 heavy (non-hydrogen) atoms. The predicted molar refractivity (Wildman–Crippen MR) is 90.1 cm³/mol. The van der Waals surface area contributed by atoms with Crippen molar-refractivity contribution in [2.45, 2.75) is 6.42 Å². The van der Waals surface area contributed by atoms with Crippen molar-refractivity contribution in [2.75, 3.05) is 5.32 Å². The second-order valence-corrected chi connectivity index (χ2v) is 5.51. The minimum atomic E-state index is 0.512. The van der Waals surface area contributed by atoms with Gasteiger partial charge in [0.1, 0.15) is 0 Å². The zero-order valence-corrected chi connectivity index (χ0v) is 11.8. The first-order valence-electron chi connectivity index (χ1n) is 7.42. The quantitative estimate of drug-likeness (QED) is 0.790. The Labute approximate surface area is 125 Å². The van der Waals surface area contributed by atoms with Gasteiger partial charge in [0, 0.05) is 22.7 Å². The van der Waals surface area contributed by atoms with Gasteiger partial charge < -0.3 is 5.32 Å². The van der Waals surface area contributed by atoms with Gasteiger partial charge in [-0.3, -0.25) is 0 Å². The number of hydrogen-bond acceptors (Lipinski definition) is 1. The van der Waals surface area contributed by atoms with Crippen LogP contribution in [-0.2, 0) is 0 Å². The molecule has 2 aliphatic carbocycles. The average Bonchev–Trinajstić information content (AvgIpc) is 2.56. The third-order valence-corrected chi connectivity index (χ3v) is 4.17. The molecule has 0 heterocycles. The van der Waals surface area contributed by atoms with Gasteiger partial charge in [0.05, 0.1) is 0 Å². The van der Waals surface area contributed by atoms with E-state index in [2.05, 4.69) is 84.2 Å². The zero-order chi connectivity index (χ0) is 14.1. The fourth-order valence-corrected chi connectivity index (χ4v) is 3.10. The molecule has 102 valence electrons. The summed E-state index contributed by atoms with van der Waals surface area (Å²) in [6.07, 6.45) is 14.3. The minimum Gasteiger partial charge on any atom is -0.355 e. The molecule has 1 heteroatoms. The smallest absolute Gasteiger partial charge is 0.0463 e. The van der Waals surface area contributed by atoms with Crippen molar-refractivity contribution < 1.29 is 0 Å². The molecule has 0 aromatic heterocycles. The van der Waals surface area contributed by atoms with Crippen LogP contribution in [-0.4, -0.2) is 0 Å². The number of anilines is 1. The van der Waals surface area contributed by atoms with Crippen LogP contribution < -0.4 is 5.32 Å². The monoisotopic (exact) mass is 271 g/mol.